The molecule has 0 aromatic heterocycles. The summed E-state index contributed by atoms with van der Waals surface area (Å²) in [5.41, 5.74) is 1.37. The Bertz CT molecular complexity index is 246. The Morgan fingerprint density at radius 2 is 1.93 bits per heavy atom. The number of rotatable bonds is 5. The van der Waals surface area contributed by atoms with Crippen LogP contribution >= 0.6 is 0 Å². The molecule has 1 atom stereocenters. The summed E-state index contributed by atoms with van der Waals surface area (Å²) >= 11 is 0. The molecule has 0 aliphatic heterocycles. The molecule has 0 aliphatic rings. The summed E-state index contributed by atoms with van der Waals surface area (Å²) in [5.74, 6) is 0. The summed E-state index contributed by atoms with van der Waals surface area (Å²) in [7, 11) is 4.15. The van der Waals surface area contributed by atoms with Gasteiger partial charge in [0, 0.05) is 19.1 Å². The molecule has 0 spiro atoms. The molecule has 2 heteroatoms. The van der Waals surface area contributed by atoms with Crippen molar-refractivity contribution in [1.29, 1.82) is 0 Å². The zero-order valence-electron chi connectivity index (χ0n) is 9.33. The molecule has 0 fully saturated rings. The third kappa shape index (κ3) is 3.90. The average molecular weight is 192 g/mol. The van der Waals surface area contributed by atoms with Gasteiger partial charge in [-0.15, -0.1) is 0 Å². The molecule has 0 aliphatic carbocycles. The zero-order chi connectivity index (χ0) is 10.4. The molecule has 78 valence electrons. The second kappa shape index (κ2) is 5.78. The van der Waals surface area contributed by atoms with Crippen molar-refractivity contribution in [2.75, 3.05) is 20.6 Å². The highest BCUT2D eigenvalue weighted by Crippen LogP contribution is 2.02. The summed E-state index contributed by atoms with van der Waals surface area (Å²) in [6.07, 6.45) is 0. The van der Waals surface area contributed by atoms with Gasteiger partial charge in [-0.1, -0.05) is 30.3 Å². The lowest BCUT2D eigenvalue weighted by molar-refractivity contribution is 0.295. The van der Waals surface area contributed by atoms with Gasteiger partial charge in [0.05, 0.1) is 0 Å². The second-order valence-electron chi connectivity index (χ2n) is 3.87. The van der Waals surface area contributed by atoms with Crippen LogP contribution in [0, 0.1) is 0 Å². The van der Waals surface area contributed by atoms with Crippen LogP contribution < -0.4 is 5.32 Å². The van der Waals surface area contributed by atoms with Crippen LogP contribution in [0.15, 0.2) is 30.3 Å². The SMILES string of the molecule is CNC(C)CN(C)Cc1ccccc1. The maximum Gasteiger partial charge on any atom is 0.0231 e. The minimum absolute atomic E-state index is 0.545. The van der Waals surface area contributed by atoms with Crippen molar-refractivity contribution in [3.05, 3.63) is 35.9 Å². The molecule has 0 amide bonds. The summed E-state index contributed by atoms with van der Waals surface area (Å²) in [6.45, 7) is 4.29. The fourth-order valence-corrected chi connectivity index (χ4v) is 1.52. The van der Waals surface area contributed by atoms with Crippen molar-refractivity contribution in [2.45, 2.75) is 19.5 Å². The Morgan fingerprint density at radius 3 is 2.50 bits per heavy atom. The van der Waals surface area contributed by atoms with E-state index in [0.717, 1.165) is 13.1 Å². The van der Waals surface area contributed by atoms with Gasteiger partial charge in [0.25, 0.3) is 0 Å². The van der Waals surface area contributed by atoms with Crippen LogP contribution in [-0.4, -0.2) is 31.6 Å². The van der Waals surface area contributed by atoms with Crippen LogP contribution in [0.3, 0.4) is 0 Å². The molecule has 0 radical (unpaired) electrons. The Labute approximate surface area is 86.9 Å². The maximum atomic E-state index is 3.24. The maximum absolute atomic E-state index is 3.24. The van der Waals surface area contributed by atoms with Crippen LogP contribution in [0.5, 0.6) is 0 Å². The number of nitrogens with zero attached hydrogens (tertiary/aromatic N) is 1. The van der Waals surface area contributed by atoms with E-state index < -0.39 is 0 Å². The fraction of sp³-hybridized carbons (Fsp3) is 0.500. The second-order valence-corrected chi connectivity index (χ2v) is 3.87. The lowest BCUT2D eigenvalue weighted by atomic mass is 10.2. The van der Waals surface area contributed by atoms with E-state index in [4.69, 9.17) is 0 Å². The molecule has 1 N–H and O–H groups in total. The molecule has 0 heterocycles. The first kappa shape index (κ1) is 11.2. The van der Waals surface area contributed by atoms with Gasteiger partial charge in [-0.25, -0.2) is 0 Å². The normalized spacial score (nSPS) is 13.1. The number of likely N-dealkylation sites (N-methyl/N-ethyl adjacent to an activating group) is 2. The van der Waals surface area contributed by atoms with Crippen LogP contribution in [0.2, 0.25) is 0 Å². The van der Waals surface area contributed by atoms with Gasteiger partial charge in [0.15, 0.2) is 0 Å². The van der Waals surface area contributed by atoms with E-state index in [0.29, 0.717) is 6.04 Å². The van der Waals surface area contributed by atoms with Gasteiger partial charge in [-0.05, 0) is 26.6 Å². The summed E-state index contributed by atoms with van der Waals surface area (Å²) in [6, 6.07) is 11.1. The van der Waals surface area contributed by atoms with E-state index in [1.165, 1.54) is 5.56 Å². The lowest BCUT2D eigenvalue weighted by Crippen LogP contribution is -2.34. The highest BCUT2D eigenvalue weighted by molar-refractivity contribution is 5.14. The van der Waals surface area contributed by atoms with E-state index in [9.17, 15) is 0 Å². The van der Waals surface area contributed by atoms with E-state index in [-0.39, 0.29) is 0 Å². The molecule has 0 saturated heterocycles. The van der Waals surface area contributed by atoms with Gasteiger partial charge < -0.3 is 10.2 Å². The van der Waals surface area contributed by atoms with Crippen molar-refractivity contribution < 1.29 is 0 Å². The monoisotopic (exact) mass is 192 g/mol. The third-order valence-electron chi connectivity index (χ3n) is 2.37. The smallest absolute Gasteiger partial charge is 0.0231 e. The molecule has 1 unspecified atom stereocenters. The Morgan fingerprint density at radius 1 is 1.29 bits per heavy atom. The van der Waals surface area contributed by atoms with Gasteiger partial charge in [0.1, 0.15) is 0 Å². The summed E-state index contributed by atoms with van der Waals surface area (Å²) in [4.78, 5) is 2.33. The predicted molar refractivity (Wildman–Crippen MR) is 61.3 cm³/mol. The van der Waals surface area contributed by atoms with E-state index >= 15 is 0 Å². The van der Waals surface area contributed by atoms with E-state index in [1.54, 1.807) is 0 Å². The van der Waals surface area contributed by atoms with E-state index in [1.807, 2.05) is 7.05 Å². The Hall–Kier alpha value is -0.860. The first-order valence-corrected chi connectivity index (χ1v) is 5.12. The molecule has 2 nitrogen and oxygen atoms in total. The average Bonchev–Trinajstić information content (AvgIpc) is 2.19. The Balaban J connectivity index is 2.37. The minimum Gasteiger partial charge on any atom is -0.316 e. The predicted octanol–water partition coefficient (Wildman–Crippen LogP) is 1.73. The van der Waals surface area contributed by atoms with Crippen molar-refractivity contribution >= 4 is 0 Å². The van der Waals surface area contributed by atoms with E-state index in [2.05, 4.69) is 54.5 Å². The highest BCUT2D eigenvalue weighted by atomic mass is 15.1. The van der Waals surface area contributed by atoms with Gasteiger partial charge >= 0.3 is 0 Å². The highest BCUT2D eigenvalue weighted by Gasteiger charge is 2.03. The zero-order valence-corrected chi connectivity index (χ0v) is 9.33. The molecule has 1 rings (SSSR count). The van der Waals surface area contributed by atoms with Crippen LogP contribution in [0.4, 0.5) is 0 Å². The molecule has 1 aromatic carbocycles. The van der Waals surface area contributed by atoms with Gasteiger partial charge in [0.2, 0.25) is 0 Å². The van der Waals surface area contributed by atoms with Crippen molar-refractivity contribution in [3.8, 4) is 0 Å². The molecule has 0 bridgehead atoms. The number of hydrogen-bond donors (Lipinski definition) is 1. The van der Waals surface area contributed by atoms with Crippen LogP contribution in [0.1, 0.15) is 12.5 Å². The lowest BCUT2D eigenvalue weighted by Gasteiger charge is -2.20. The topological polar surface area (TPSA) is 15.3 Å². The number of nitrogens with one attached hydrogen (secondary N) is 1. The van der Waals surface area contributed by atoms with Gasteiger partial charge in [-0.2, -0.15) is 0 Å². The number of hydrogen-bond acceptors (Lipinski definition) is 2. The first-order valence-electron chi connectivity index (χ1n) is 5.12. The summed E-state index contributed by atoms with van der Waals surface area (Å²) in [5, 5.41) is 3.24. The van der Waals surface area contributed by atoms with Crippen LogP contribution in [0.25, 0.3) is 0 Å². The molecular formula is C12H20N2. The minimum atomic E-state index is 0.545. The van der Waals surface area contributed by atoms with Crippen molar-refractivity contribution in [2.24, 2.45) is 0 Å². The quantitative estimate of drug-likeness (QED) is 0.764. The largest absolute Gasteiger partial charge is 0.316 e. The number of benzene rings is 1. The van der Waals surface area contributed by atoms with Crippen molar-refractivity contribution in [3.63, 3.8) is 0 Å². The molecule has 0 saturated carbocycles. The Kier molecular flexibility index (Phi) is 4.63. The van der Waals surface area contributed by atoms with Crippen LogP contribution in [-0.2, 0) is 6.54 Å². The fourth-order valence-electron chi connectivity index (χ4n) is 1.52. The standard InChI is InChI=1S/C12H20N2/c1-11(13-2)9-14(3)10-12-7-5-4-6-8-12/h4-8,11,13H,9-10H2,1-3H3. The van der Waals surface area contributed by atoms with Crippen molar-refractivity contribution in [1.82, 2.24) is 10.2 Å². The third-order valence-corrected chi connectivity index (χ3v) is 2.37. The van der Waals surface area contributed by atoms with Gasteiger partial charge in [-0.3, -0.25) is 0 Å². The molecule has 14 heavy (non-hydrogen) atoms. The molecular weight excluding hydrogens is 172 g/mol. The first-order chi connectivity index (χ1) is 6.72. The molecule has 1 aromatic rings. The summed E-state index contributed by atoms with van der Waals surface area (Å²) < 4.78 is 0.